The molecule has 7 nitrogen and oxygen atoms in total. The van der Waals surface area contributed by atoms with E-state index in [0.29, 0.717) is 17.0 Å². The van der Waals surface area contributed by atoms with Gasteiger partial charge in [-0.1, -0.05) is 23.2 Å². The van der Waals surface area contributed by atoms with Gasteiger partial charge in [-0.25, -0.2) is 14.6 Å². The first-order valence-electron chi connectivity index (χ1n) is 7.15. The van der Waals surface area contributed by atoms with Gasteiger partial charge in [-0.15, -0.1) is 0 Å². The number of urea groups is 1. The van der Waals surface area contributed by atoms with Crippen LogP contribution >= 0.6 is 23.2 Å². The zero-order valence-electron chi connectivity index (χ0n) is 12.8. The molecule has 2 amide bonds. The van der Waals surface area contributed by atoms with Gasteiger partial charge in [0.1, 0.15) is 0 Å². The third-order valence-corrected chi connectivity index (χ3v) is 3.70. The van der Waals surface area contributed by atoms with Crippen molar-refractivity contribution in [2.45, 2.75) is 6.42 Å². The normalized spacial score (nSPS) is 10.6. The second kappa shape index (κ2) is 8.14. The minimum Gasteiger partial charge on any atom is -0.477 e. The lowest BCUT2D eigenvalue weighted by Gasteiger charge is -2.12. The van der Waals surface area contributed by atoms with Gasteiger partial charge in [-0.3, -0.25) is 0 Å². The number of hydrogen-bond donors (Lipinski definition) is 4. The number of hydrogen-bond acceptors (Lipinski definition) is 4. The van der Waals surface area contributed by atoms with E-state index < -0.39 is 12.0 Å². The van der Waals surface area contributed by atoms with E-state index in [1.165, 1.54) is 18.2 Å². The largest absolute Gasteiger partial charge is 0.477 e. The van der Waals surface area contributed by atoms with Crippen LogP contribution in [0.25, 0.3) is 10.9 Å². The predicted molar refractivity (Wildman–Crippen MR) is 94.3 cm³/mol. The number of benzene rings is 1. The van der Waals surface area contributed by atoms with Crippen molar-refractivity contribution in [1.29, 1.82) is 0 Å². The summed E-state index contributed by atoms with van der Waals surface area (Å²) >= 11 is 12.1. The second-order valence-electron chi connectivity index (χ2n) is 4.98. The molecule has 1 heterocycles. The number of carboxylic acid groups (broad SMARTS) is 1. The molecule has 0 aliphatic carbocycles. The van der Waals surface area contributed by atoms with Gasteiger partial charge in [0, 0.05) is 17.0 Å². The van der Waals surface area contributed by atoms with Crippen LogP contribution in [0, 0.1) is 0 Å². The third kappa shape index (κ3) is 4.47. The smallest absolute Gasteiger partial charge is 0.354 e. The van der Waals surface area contributed by atoms with E-state index >= 15 is 0 Å². The predicted octanol–water partition coefficient (Wildman–Crippen LogP) is 2.97. The van der Waals surface area contributed by atoms with Crippen LogP contribution in [0.2, 0.25) is 10.0 Å². The fourth-order valence-electron chi connectivity index (χ4n) is 2.13. The van der Waals surface area contributed by atoms with Crippen LogP contribution in [-0.4, -0.2) is 42.2 Å². The van der Waals surface area contributed by atoms with Gasteiger partial charge >= 0.3 is 12.0 Å². The van der Waals surface area contributed by atoms with Crippen LogP contribution in [0.5, 0.6) is 0 Å². The standard InChI is InChI=1S/C15H16Cl2N4O3/c1-18-3-2-4-19-15(24)21-11-7-12(14(22)23)20-10-6-8(16)5-9(17)13(10)11/h5-7,18H,2-4H2,1H3,(H,22,23)(H2,19,20,21,24). The number of carbonyl (C=O) groups is 2. The molecule has 9 heteroatoms. The van der Waals surface area contributed by atoms with Gasteiger partial charge in [-0.05, 0) is 38.2 Å². The van der Waals surface area contributed by atoms with E-state index in [1.54, 1.807) is 0 Å². The Bertz CT molecular complexity index is 783. The average molecular weight is 371 g/mol. The number of carboxylic acids is 1. The van der Waals surface area contributed by atoms with Gasteiger partial charge in [0.05, 0.1) is 16.2 Å². The number of fused-ring (bicyclic) bond motifs is 1. The van der Waals surface area contributed by atoms with Crippen LogP contribution < -0.4 is 16.0 Å². The summed E-state index contributed by atoms with van der Waals surface area (Å²) in [6.07, 6.45) is 0.762. The van der Waals surface area contributed by atoms with Crippen molar-refractivity contribution in [2.75, 3.05) is 25.5 Å². The fourth-order valence-corrected chi connectivity index (χ4v) is 2.71. The maximum atomic E-state index is 12.0. The third-order valence-electron chi connectivity index (χ3n) is 3.18. The zero-order chi connectivity index (χ0) is 17.7. The summed E-state index contributed by atoms with van der Waals surface area (Å²) in [5.41, 5.74) is 0.328. The number of carbonyl (C=O) groups excluding carboxylic acids is 1. The highest BCUT2D eigenvalue weighted by Crippen LogP contribution is 2.33. The number of nitrogens with one attached hydrogen (secondary N) is 3. The quantitative estimate of drug-likeness (QED) is 0.585. The minimum atomic E-state index is -1.22. The molecule has 2 rings (SSSR count). The molecular formula is C15H16Cl2N4O3. The van der Waals surface area contributed by atoms with Gasteiger partial charge in [0.25, 0.3) is 0 Å². The van der Waals surface area contributed by atoms with Crippen molar-refractivity contribution in [3.05, 3.63) is 33.9 Å². The zero-order valence-corrected chi connectivity index (χ0v) is 14.3. The second-order valence-corrected chi connectivity index (χ2v) is 5.82. The van der Waals surface area contributed by atoms with Crippen molar-refractivity contribution in [2.24, 2.45) is 0 Å². The molecule has 2 aromatic rings. The van der Waals surface area contributed by atoms with E-state index in [0.717, 1.165) is 13.0 Å². The van der Waals surface area contributed by atoms with Crippen LogP contribution in [-0.2, 0) is 0 Å². The molecule has 24 heavy (non-hydrogen) atoms. The molecule has 0 spiro atoms. The summed E-state index contributed by atoms with van der Waals surface area (Å²) in [5, 5.41) is 18.5. The summed E-state index contributed by atoms with van der Waals surface area (Å²) < 4.78 is 0. The number of amides is 2. The molecule has 0 fully saturated rings. The van der Waals surface area contributed by atoms with E-state index in [-0.39, 0.29) is 21.9 Å². The Hall–Kier alpha value is -2.09. The molecule has 0 unspecified atom stereocenters. The Labute approximate surface area is 148 Å². The molecule has 4 N–H and O–H groups in total. The monoisotopic (exact) mass is 370 g/mol. The lowest BCUT2D eigenvalue weighted by Crippen LogP contribution is -2.31. The molecule has 1 aromatic heterocycles. The molecule has 0 radical (unpaired) electrons. The summed E-state index contributed by atoms with van der Waals surface area (Å²) in [6.45, 7) is 1.24. The summed E-state index contributed by atoms with van der Waals surface area (Å²) in [4.78, 5) is 27.2. The molecular weight excluding hydrogens is 355 g/mol. The Morgan fingerprint density at radius 3 is 2.62 bits per heavy atom. The van der Waals surface area contributed by atoms with Gasteiger partial charge in [-0.2, -0.15) is 0 Å². The van der Waals surface area contributed by atoms with Gasteiger partial charge in [0.15, 0.2) is 5.69 Å². The molecule has 0 bridgehead atoms. The van der Waals surface area contributed by atoms with Crippen molar-refractivity contribution in [1.82, 2.24) is 15.6 Å². The molecule has 128 valence electrons. The number of aromatic nitrogens is 1. The topological polar surface area (TPSA) is 103 Å². The summed E-state index contributed by atoms with van der Waals surface area (Å²) in [7, 11) is 1.82. The highest BCUT2D eigenvalue weighted by Gasteiger charge is 2.15. The number of rotatable bonds is 6. The number of anilines is 1. The maximum Gasteiger partial charge on any atom is 0.354 e. The van der Waals surface area contributed by atoms with E-state index in [9.17, 15) is 14.7 Å². The molecule has 1 aromatic carbocycles. The van der Waals surface area contributed by atoms with Crippen molar-refractivity contribution >= 4 is 51.8 Å². The Morgan fingerprint density at radius 1 is 1.21 bits per heavy atom. The van der Waals surface area contributed by atoms with Gasteiger partial charge in [0.2, 0.25) is 0 Å². The van der Waals surface area contributed by atoms with Crippen molar-refractivity contribution in [3.8, 4) is 0 Å². The first-order valence-corrected chi connectivity index (χ1v) is 7.90. The van der Waals surface area contributed by atoms with Crippen molar-refractivity contribution in [3.63, 3.8) is 0 Å². The number of aromatic carboxylic acids is 1. The highest BCUT2D eigenvalue weighted by atomic mass is 35.5. The van der Waals surface area contributed by atoms with Crippen molar-refractivity contribution < 1.29 is 14.7 Å². The van der Waals surface area contributed by atoms with Crippen LogP contribution in [0.1, 0.15) is 16.9 Å². The molecule has 0 aliphatic heterocycles. The maximum absolute atomic E-state index is 12.0. The molecule has 0 saturated carbocycles. The first kappa shape index (κ1) is 18.3. The van der Waals surface area contributed by atoms with E-state index in [1.807, 2.05) is 7.05 Å². The number of halogens is 2. The summed E-state index contributed by atoms with van der Waals surface area (Å²) in [5.74, 6) is -1.22. The van der Waals surface area contributed by atoms with E-state index in [4.69, 9.17) is 23.2 Å². The lowest BCUT2D eigenvalue weighted by atomic mass is 10.1. The molecule has 0 aliphatic rings. The number of pyridine rings is 1. The Kier molecular flexibility index (Phi) is 6.19. The van der Waals surface area contributed by atoms with Crippen LogP contribution in [0.3, 0.4) is 0 Å². The lowest BCUT2D eigenvalue weighted by molar-refractivity contribution is 0.0691. The van der Waals surface area contributed by atoms with Crippen LogP contribution in [0.15, 0.2) is 18.2 Å². The minimum absolute atomic E-state index is 0.216. The number of nitrogens with zero attached hydrogens (tertiary/aromatic N) is 1. The SMILES string of the molecule is CNCCCNC(=O)Nc1cc(C(=O)O)nc2cc(Cl)cc(Cl)c12. The van der Waals surface area contributed by atoms with Gasteiger partial charge < -0.3 is 21.1 Å². The highest BCUT2D eigenvalue weighted by molar-refractivity contribution is 6.39. The van der Waals surface area contributed by atoms with Crippen LogP contribution in [0.4, 0.5) is 10.5 Å². The van der Waals surface area contributed by atoms with E-state index in [2.05, 4.69) is 20.9 Å². The average Bonchev–Trinajstić information content (AvgIpc) is 2.50. The molecule has 0 saturated heterocycles. The Balaban J connectivity index is 2.33. The molecule has 0 atom stereocenters. The Morgan fingerprint density at radius 2 is 1.96 bits per heavy atom. The first-order chi connectivity index (χ1) is 11.4. The fraction of sp³-hybridized carbons (Fsp3) is 0.267. The summed E-state index contributed by atoms with van der Waals surface area (Å²) in [6, 6.07) is 3.80.